The van der Waals surface area contributed by atoms with Crippen LogP contribution < -0.4 is 59.1 Å². The van der Waals surface area contributed by atoms with Crippen LogP contribution in [0.4, 0.5) is 0 Å². The van der Waals surface area contributed by atoms with Gasteiger partial charge in [0, 0.05) is 0 Å². The van der Waals surface area contributed by atoms with Crippen LogP contribution in [0, 0.1) is 0 Å². The van der Waals surface area contributed by atoms with Gasteiger partial charge in [-0.2, -0.15) is 0 Å². The van der Waals surface area contributed by atoms with Gasteiger partial charge in [-0.1, -0.05) is 48.5 Å². The van der Waals surface area contributed by atoms with E-state index in [0.717, 1.165) is 0 Å². The zero-order valence-corrected chi connectivity index (χ0v) is 14.1. The van der Waals surface area contributed by atoms with Gasteiger partial charge in [0.15, 0.2) is 0 Å². The van der Waals surface area contributed by atoms with E-state index in [0.29, 0.717) is 0 Å². The Morgan fingerprint density at radius 1 is 0.750 bits per heavy atom. The third-order valence-corrected chi connectivity index (χ3v) is 1.66. The van der Waals surface area contributed by atoms with E-state index in [4.69, 9.17) is 13.3 Å². The molecular weight excluding hydrogens is 246 g/mol. The minimum Gasteiger partial charge on any atom is -0.784 e. The van der Waals surface area contributed by atoms with Crippen LogP contribution in [0.3, 0.4) is 0 Å². The van der Waals surface area contributed by atoms with Gasteiger partial charge in [0.1, 0.15) is 0 Å². The minimum absolute atomic E-state index is 0. The normalized spacial score (nSPS) is 8.44. The Morgan fingerprint density at radius 2 is 0.938 bits per heavy atom. The summed E-state index contributed by atoms with van der Waals surface area (Å²) < 4.78 is 25.3. The van der Waals surface area contributed by atoms with Crippen LogP contribution in [-0.4, -0.2) is 13.3 Å². The Morgan fingerprint density at radius 3 is 1.12 bits per heavy atom. The fraction of sp³-hybridized carbons (Fsp3) is 0. The van der Waals surface area contributed by atoms with Crippen molar-refractivity contribution in [1.29, 1.82) is 0 Å². The fourth-order valence-electron chi connectivity index (χ4n) is 1.13. The summed E-state index contributed by atoms with van der Waals surface area (Å²) in [6.07, 6.45) is 0. The maximum Gasteiger partial charge on any atom is 1.00 e. The molecule has 3 nitrogen and oxygen atoms in total. The molecule has 0 aliphatic carbocycles. The van der Waals surface area contributed by atoms with Crippen LogP contribution in [0.5, 0.6) is 0 Å². The summed E-state index contributed by atoms with van der Waals surface area (Å²) in [5.74, 6) is 0. The third kappa shape index (κ3) is 7.95. The second-order valence-electron chi connectivity index (χ2n) is 2.55. The Balaban J connectivity index is 0. The predicted molar refractivity (Wildman–Crippen MR) is 53.6 cm³/mol. The number of hydrogen-bond donors (Lipinski definition) is 0. The predicted octanol–water partition coefficient (Wildman–Crippen LogP) is -4.16. The van der Waals surface area contributed by atoms with E-state index in [1.165, 1.54) is 10.8 Å². The molecule has 0 fully saturated rings. The quantitative estimate of drug-likeness (QED) is 0.354. The van der Waals surface area contributed by atoms with Crippen molar-refractivity contribution in [3.8, 4) is 0 Å². The third-order valence-electron chi connectivity index (χ3n) is 1.66. The molecule has 0 radical (unpaired) electrons. The summed E-state index contributed by atoms with van der Waals surface area (Å²) in [6.45, 7) is 0. The van der Waals surface area contributed by atoms with Crippen molar-refractivity contribution in [2.24, 2.45) is 0 Å². The molecular formula is C10H8Na2O3S. The van der Waals surface area contributed by atoms with Crippen LogP contribution in [0.15, 0.2) is 48.5 Å². The standard InChI is InChI=1S/C10H8.2Na.H2O3S/c1-2-6-10-8-4-3-7-9(10)5-1;;;1-4(2)3/h1-8H;;;(H2,1,2,3)/q;2*+1;/p-2. The van der Waals surface area contributed by atoms with Crippen LogP contribution in [0.1, 0.15) is 0 Å². The average Bonchev–Trinajstić information content (AvgIpc) is 2.17. The van der Waals surface area contributed by atoms with Crippen LogP contribution >= 0.6 is 0 Å². The smallest absolute Gasteiger partial charge is 0.784 e. The summed E-state index contributed by atoms with van der Waals surface area (Å²) in [4.78, 5) is 0. The number of rotatable bonds is 0. The molecule has 2 aromatic rings. The number of hydrogen-bond acceptors (Lipinski definition) is 3. The van der Waals surface area contributed by atoms with E-state index in [9.17, 15) is 0 Å². The van der Waals surface area contributed by atoms with E-state index >= 15 is 0 Å². The Bertz CT molecular complexity index is 368. The summed E-state index contributed by atoms with van der Waals surface area (Å²) in [5, 5.41) is 2.62. The van der Waals surface area contributed by atoms with Gasteiger partial charge in [-0.25, -0.2) is 0 Å². The summed E-state index contributed by atoms with van der Waals surface area (Å²) in [5.41, 5.74) is 0. The second kappa shape index (κ2) is 10.9. The summed E-state index contributed by atoms with van der Waals surface area (Å²) >= 11 is -3.11. The largest absolute Gasteiger partial charge is 1.00 e. The first-order valence-electron chi connectivity index (χ1n) is 3.90. The van der Waals surface area contributed by atoms with Gasteiger partial charge in [0.25, 0.3) is 0 Å². The molecule has 2 aromatic carbocycles. The monoisotopic (exact) mass is 254 g/mol. The average molecular weight is 254 g/mol. The molecule has 0 saturated heterocycles. The van der Waals surface area contributed by atoms with Crippen molar-refractivity contribution in [1.82, 2.24) is 0 Å². The molecule has 0 aliphatic rings. The molecule has 0 spiro atoms. The molecule has 0 unspecified atom stereocenters. The Hall–Kier alpha value is 0.770. The van der Waals surface area contributed by atoms with Crippen LogP contribution in [0.2, 0.25) is 0 Å². The summed E-state index contributed by atoms with van der Waals surface area (Å²) in [6, 6.07) is 16.7. The van der Waals surface area contributed by atoms with Gasteiger partial charge < -0.3 is 9.11 Å². The molecule has 16 heavy (non-hydrogen) atoms. The van der Waals surface area contributed by atoms with Gasteiger partial charge >= 0.3 is 59.1 Å². The van der Waals surface area contributed by atoms with Crippen molar-refractivity contribution in [3.63, 3.8) is 0 Å². The van der Waals surface area contributed by atoms with Gasteiger partial charge in [0.2, 0.25) is 0 Å². The Kier molecular flexibility index (Phi) is 13.0. The number of benzene rings is 2. The molecule has 0 saturated carbocycles. The molecule has 0 amide bonds. The van der Waals surface area contributed by atoms with Crippen LogP contribution in [-0.2, 0) is 11.4 Å². The van der Waals surface area contributed by atoms with Gasteiger partial charge in [-0.05, 0) is 10.8 Å². The van der Waals surface area contributed by atoms with Gasteiger partial charge in [0.05, 0.1) is 0 Å². The zero-order valence-electron chi connectivity index (χ0n) is 9.25. The minimum atomic E-state index is -3.11. The molecule has 74 valence electrons. The van der Waals surface area contributed by atoms with Crippen molar-refractivity contribution in [2.75, 3.05) is 0 Å². The van der Waals surface area contributed by atoms with Crippen molar-refractivity contribution < 1.29 is 72.4 Å². The molecule has 0 bridgehead atoms. The maximum atomic E-state index is 8.44. The topological polar surface area (TPSA) is 63.2 Å². The second-order valence-corrected chi connectivity index (χ2v) is 2.96. The van der Waals surface area contributed by atoms with E-state index in [1.54, 1.807) is 0 Å². The summed E-state index contributed by atoms with van der Waals surface area (Å²) in [7, 11) is 0. The molecule has 0 aromatic heterocycles. The Labute approximate surface area is 141 Å². The van der Waals surface area contributed by atoms with E-state index in [1.807, 2.05) is 0 Å². The number of fused-ring (bicyclic) bond motifs is 1. The van der Waals surface area contributed by atoms with E-state index in [-0.39, 0.29) is 59.1 Å². The molecule has 0 heterocycles. The van der Waals surface area contributed by atoms with Crippen LogP contribution in [0.25, 0.3) is 10.8 Å². The molecule has 6 heteroatoms. The zero-order chi connectivity index (χ0) is 10.4. The molecule has 0 atom stereocenters. The SMILES string of the molecule is O=S([O-])[O-].[Na+].[Na+].c1ccc2ccccc2c1. The molecule has 0 aliphatic heterocycles. The first-order valence-corrected chi connectivity index (χ1v) is 4.90. The first-order chi connectivity index (χ1) is 6.70. The maximum absolute atomic E-state index is 8.44. The van der Waals surface area contributed by atoms with E-state index < -0.39 is 11.4 Å². The molecule has 0 N–H and O–H groups in total. The van der Waals surface area contributed by atoms with E-state index in [2.05, 4.69) is 48.5 Å². The van der Waals surface area contributed by atoms with Gasteiger partial charge in [-0.15, -0.1) is 11.4 Å². The fourth-order valence-corrected chi connectivity index (χ4v) is 1.13. The van der Waals surface area contributed by atoms with Crippen molar-refractivity contribution >= 4 is 22.1 Å². The van der Waals surface area contributed by atoms with Crippen molar-refractivity contribution in [2.45, 2.75) is 0 Å². The molecule has 2 rings (SSSR count). The van der Waals surface area contributed by atoms with Gasteiger partial charge in [-0.3, -0.25) is 4.21 Å². The first kappa shape index (κ1) is 19.1. The van der Waals surface area contributed by atoms with Crippen molar-refractivity contribution in [3.05, 3.63) is 48.5 Å².